The highest BCUT2D eigenvalue weighted by Gasteiger charge is 2.19. The Bertz CT molecular complexity index is 695. The number of hydrogen-bond donors (Lipinski definition) is 1. The summed E-state index contributed by atoms with van der Waals surface area (Å²) in [6.07, 6.45) is 2.25. The Kier molecular flexibility index (Phi) is 5.76. The van der Waals surface area contributed by atoms with Gasteiger partial charge in [0.1, 0.15) is 11.4 Å². The summed E-state index contributed by atoms with van der Waals surface area (Å²) in [4.78, 5) is 23.9. The van der Waals surface area contributed by atoms with Crippen molar-refractivity contribution in [2.75, 3.05) is 11.9 Å². The minimum atomic E-state index is -0.506. The van der Waals surface area contributed by atoms with E-state index in [9.17, 15) is 9.59 Å². The number of esters is 1. The fourth-order valence-electron chi connectivity index (χ4n) is 2.05. The van der Waals surface area contributed by atoms with Crippen LogP contribution in [-0.4, -0.2) is 28.3 Å². The lowest BCUT2D eigenvalue weighted by Gasteiger charge is -2.08. The molecule has 1 N–H and O–H groups in total. The maximum Gasteiger partial charge on any atom is 0.343 e. The first-order valence-electron chi connectivity index (χ1n) is 7.24. The molecular weight excluding hydrogens is 318 g/mol. The van der Waals surface area contributed by atoms with Crippen molar-refractivity contribution in [3.8, 4) is 0 Å². The number of amides is 1. The van der Waals surface area contributed by atoms with Gasteiger partial charge >= 0.3 is 5.97 Å². The number of benzene rings is 1. The SMILES string of the molecule is CCOC(=O)c1cnn(C)c1NC(=O)CCc1ccc(Cl)cc1. The molecule has 0 unspecified atom stereocenters. The summed E-state index contributed by atoms with van der Waals surface area (Å²) in [6, 6.07) is 7.33. The van der Waals surface area contributed by atoms with Gasteiger partial charge in [0.25, 0.3) is 0 Å². The van der Waals surface area contributed by atoms with E-state index in [1.54, 1.807) is 26.1 Å². The molecular formula is C16H18ClN3O3. The lowest BCUT2D eigenvalue weighted by atomic mass is 10.1. The molecule has 0 atom stereocenters. The van der Waals surface area contributed by atoms with Gasteiger partial charge in [-0.3, -0.25) is 9.48 Å². The lowest BCUT2D eigenvalue weighted by Crippen LogP contribution is -2.17. The smallest absolute Gasteiger partial charge is 0.343 e. The molecule has 7 heteroatoms. The number of carbonyl (C=O) groups is 2. The third kappa shape index (κ3) is 4.56. The summed E-state index contributed by atoms with van der Waals surface area (Å²) < 4.78 is 6.38. The molecule has 0 bridgehead atoms. The van der Waals surface area contributed by atoms with Crippen molar-refractivity contribution < 1.29 is 14.3 Å². The zero-order valence-electron chi connectivity index (χ0n) is 13.0. The van der Waals surface area contributed by atoms with Gasteiger partial charge in [0, 0.05) is 18.5 Å². The molecule has 1 amide bonds. The molecule has 0 aliphatic rings. The van der Waals surface area contributed by atoms with Crippen LogP contribution >= 0.6 is 11.6 Å². The second-order valence-electron chi connectivity index (χ2n) is 4.93. The van der Waals surface area contributed by atoms with E-state index in [0.29, 0.717) is 17.3 Å². The molecule has 0 aliphatic heterocycles. The molecule has 0 fully saturated rings. The molecule has 1 heterocycles. The van der Waals surface area contributed by atoms with Crippen LogP contribution in [0.4, 0.5) is 5.82 Å². The van der Waals surface area contributed by atoms with E-state index < -0.39 is 5.97 Å². The number of nitrogens with one attached hydrogen (secondary N) is 1. The highest BCUT2D eigenvalue weighted by Crippen LogP contribution is 2.16. The predicted molar refractivity (Wildman–Crippen MR) is 87.6 cm³/mol. The third-order valence-electron chi connectivity index (χ3n) is 3.25. The number of anilines is 1. The summed E-state index contributed by atoms with van der Waals surface area (Å²) in [5.41, 5.74) is 1.26. The second kappa shape index (κ2) is 7.78. The number of hydrogen-bond acceptors (Lipinski definition) is 4. The van der Waals surface area contributed by atoms with Crippen molar-refractivity contribution in [2.24, 2.45) is 7.05 Å². The fraction of sp³-hybridized carbons (Fsp3) is 0.312. The Morgan fingerprint density at radius 1 is 1.30 bits per heavy atom. The molecule has 1 aromatic heterocycles. The molecule has 2 rings (SSSR count). The first-order chi connectivity index (χ1) is 11.0. The first-order valence-corrected chi connectivity index (χ1v) is 7.62. The van der Waals surface area contributed by atoms with E-state index in [-0.39, 0.29) is 24.5 Å². The van der Waals surface area contributed by atoms with Crippen molar-refractivity contribution in [2.45, 2.75) is 19.8 Å². The lowest BCUT2D eigenvalue weighted by molar-refractivity contribution is -0.116. The first kappa shape index (κ1) is 17.0. The summed E-state index contributed by atoms with van der Waals surface area (Å²) in [5, 5.41) is 7.36. The standard InChI is InChI=1S/C16H18ClN3O3/c1-3-23-16(22)13-10-18-20(2)15(13)19-14(21)9-6-11-4-7-12(17)8-5-11/h4-5,7-8,10H,3,6,9H2,1-2H3,(H,19,21). The van der Waals surface area contributed by atoms with Gasteiger partial charge in [-0.1, -0.05) is 23.7 Å². The van der Waals surface area contributed by atoms with Crippen LogP contribution in [0.25, 0.3) is 0 Å². The molecule has 0 radical (unpaired) electrons. The normalized spacial score (nSPS) is 10.4. The van der Waals surface area contributed by atoms with Gasteiger partial charge in [0.15, 0.2) is 0 Å². The molecule has 0 saturated heterocycles. The molecule has 23 heavy (non-hydrogen) atoms. The molecule has 122 valence electrons. The zero-order chi connectivity index (χ0) is 16.8. The zero-order valence-corrected chi connectivity index (χ0v) is 13.8. The number of halogens is 1. The van der Waals surface area contributed by atoms with Gasteiger partial charge < -0.3 is 10.1 Å². The van der Waals surface area contributed by atoms with E-state index in [1.165, 1.54) is 10.9 Å². The molecule has 0 spiro atoms. The summed E-state index contributed by atoms with van der Waals surface area (Å²) in [5.74, 6) is -0.368. The summed E-state index contributed by atoms with van der Waals surface area (Å²) in [7, 11) is 1.65. The maximum atomic E-state index is 12.1. The third-order valence-corrected chi connectivity index (χ3v) is 3.50. The molecule has 2 aromatic rings. The van der Waals surface area contributed by atoms with Gasteiger partial charge in [0.05, 0.1) is 12.8 Å². The number of carbonyl (C=O) groups excluding carboxylic acids is 2. The average Bonchev–Trinajstić information content (AvgIpc) is 2.88. The number of aromatic nitrogens is 2. The highest BCUT2D eigenvalue weighted by molar-refractivity contribution is 6.30. The van der Waals surface area contributed by atoms with Crippen molar-refractivity contribution in [1.29, 1.82) is 0 Å². The average molecular weight is 336 g/mol. The van der Waals surface area contributed by atoms with Gasteiger partial charge in [-0.05, 0) is 31.0 Å². The molecule has 0 aliphatic carbocycles. The van der Waals surface area contributed by atoms with E-state index in [1.807, 2.05) is 12.1 Å². The van der Waals surface area contributed by atoms with Gasteiger partial charge in [-0.2, -0.15) is 5.10 Å². The molecule has 6 nitrogen and oxygen atoms in total. The quantitative estimate of drug-likeness (QED) is 0.824. The van der Waals surface area contributed by atoms with Crippen LogP contribution in [0.5, 0.6) is 0 Å². The van der Waals surface area contributed by atoms with E-state index >= 15 is 0 Å². The van der Waals surface area contributed by atoms with Crippen LogP contribution in [0.2, 0.25) is 5.02 Å². The Labute approximate surface area is 139 Å². The highest BCUT2D eigenvalue weighted by atomic mass is 35.5. The van der Waals surface area contributed by atoms with Gasteiger partial charge in [-0.25, -0.2) is 4.79 Å². The van der Waals surface area contributed by atoms with Crippen molar-refractivity contribution in [3.63, 3.8) is 0 Å². The Morgan fingerprint density at radius 2 is 2.00 bits per heavy atom. The predicted octanol–water partition coefficient (Wildman–Crippen LogP) is 2.82. The number of aryl methyl sites for hydroxylation is 2. The van der Waals surface area contributed by atoms with Crippen LogP contribution in [-0.2, 0) is 23.0 Å². The summed E-state index contributed by atoms with van der Waals surface area (Å²) in [6.45, 7) is 1.98. The molecule has 0 saturated carbocycles. The second-order valence-corrected chi connectivity index (χ2v) is 5.36. The largest absolute Gasteiger partial charge is 0.462 e. The van der Waals surface area contributed by atoms with Crippen LogP contribution in [0.15, 0.2) is 30.5 Å². The van der Waals surface area contributed by atoms with Crippen LogP contribution in [0.1, 0.15) is 29.3 Å². The van der Waals surface area contributed by atoms with Crippen LogP contribution in [0.3, 0.4) is 0 Å². The van der Waals surface area contributed by atoms with E-state index in [0.717, 1.165) is 5.56 Å². The van der Waals surface area contributed by atoms with Crippen molar-refractivity contribution >= 4 is 29.3 Å². The fourth-order valence-corrected chi connectivity index (χ4v) is 2.17. The number of ether oxygens (including phenoxy) is 1. The topological polar surface area (TPSA) is 73.2 Å². The number of nitrogens with zero attached hydrogens (tertiary/aromatic N) is 2. The Morgan fingerprint density at radius 3 is 2.65 bits per heavy atom. The van der Waals surface area contributed by atoms with Crippen LogP contribution < -0.4 is 5.32 Å². The van der Waals surface area contributed by atoms with E-state index in [4.69, 9.17) is 16.3 Å². The monoisotopic (exact) mass is 335 g/mol. The minimum Gasteiger partial charge on any atom is -0.462 e. The Hall–Kier alpha value is -2.34. The number of rotatable bonds is 6. The van der Waals surface area contributed by atoms with Crippen molar-refractivity contribution in [1.82, 2.24) is 9.78 Å². The molecule has 1 aromatic carbocycles. The van der Waals surface area contributed by atoms with Gasteiger partial charge in [-0.15, -0.1) is 0 Å². The van der Waals surface area contributed by atoms with E-state index in [2.05, 4.69) is 10.4 Å². The maximum absolute atomic E-state index is 12.1. The van der Waals surface area contributed by atoms with Gasteiger partial charge in [0.2, 0.25) is 5.91 Å². The van der Waals surface area contributed by atoms with Crippen LogP contribution in [0, 0.1) is 0 Å². The summed E-state index contributed by atoms with van der Waals surface area (Å²) >= 11 is 5.83. The Balaban J connectivity index is 1.98. The minimum absolute atomic E-state index is 0.200. The van der Waals surface area contributed by atoms with Crippen molar-refractivity contribution in [3.05, 3.63) is 46.6 Å².